The Kier molecular flexibility index (Phi) is 3.57. The molecule has 0 saturated carbocycles. The van der Waals surface area contributed by atoms with Crippen LogP contribution in [0, 0.1) is 0 Å². The Balaban J connectivity index is 1.59. The summed E-state index contributed by atoms with van der Waals surface area (Å²) in [6, 6.07) is 14.2. The van der Waals surface area contributed by atoms with Crippen LogP contribution in [-0.4, -0.2) is 34.3 Å². The van der Waals surface area contributed by atoms with Crippen molar-refractivity contribution >= 4 is 11.2 Å². The number of H-pyrrole nitrogens is 1. The molecule has 27 heavy (non-hydrogen) atoms. The van der Waals surface area contributed by atoms with Crippen LogP contribution in [0.15, 0.2) is 67.4 Å². The highest BCUT2D eigenvalue weighted by Crippen LogP contribution is 2.28. The minimum atomic E-state index is 0.737. The van der Waals surface area contributed by atoms with E-state index in [-0.39, 0.29) is 0 Å². The van der Waals surface area contributed by atoms with Crippen LogP contribution in [0.25, 0.3) is 33.9 Å². The normalized spacial score (nSPS) is 11.3. The molecule has 4 heterocycles. The van der Waals surface area contributed by atoms with Crippen molar-refractivity contribution in [3.63, 3.8) is 0 Å². The monoisotopic (exact) mass is 355 g/mol. The number of imidazole rings is 2. The first-order valence-corrected chi connectivity index (χ1v) is 8.67. The summed E-state index contributed by atoms with van der Waals surface area (Å²) in [5.74, 6) is 0.775. The van der Waals surface area contributed by atoms with Crippen molar-refractivity contribution in [2.24, 2.45) is 7.05 Å². The second-order valence-corrected chi connectivity index (χ2v) is 6.39. The maximum atomic E-state index is 4.77. The summed E-state index contributed by atoms with van der Waals surface area (Å²) >= 11 is 0. The predicted molar refractivity (Wildman–Crippen MR) is 103 cm³/mol. The van der Waals surface area contributed by atoms with Gasteiger partial charge in [0.1, 0.15) is 16.9 Å². The van der Waals surface area contributed by atoms with Gasteiger partial charge in [-0.25, -0.2) is 14.6 Å². The molecule has 7 nitrogen and oxygen atoms in total. The Bertz CT molecular complexity index is 1200. The lowest BCUT2D eigenvalue weighted by atomic mass is 10.2. The van der Waals surface area contributed by atoms with Gasteiger partial charge in [0.25, 0.3) is 0 Å². The molecule has 0 bridgehead atoms. The van der Waals surface area contributed by atoms with Gasteiger partial charge in [0.2, 0.25) is 0 Å². The van der Waals surface area contributed by atoms with Crippen LogP contribution < -0.4 is 0 Å². The molecule has 0 unspecified atom stereocenters. The van der Waals surface area contributed by atoms with Crippen molar-refractivity contribution in [3.8, 4) is 22.8 Å². The molecule has 1 N–H and O–H groups in total. The van der Waals surface area contributed by atoms with Crippen molar-refractivity contribution in [1.82, 2.24) is 34.3 Å². The highest BCUT2D eigenvalue weighted by atomic mass is 15.3. The van der Waals surface area contributed by atoms with E-state index in [1.807, 2.05) is 56.1 Å². The molecule has 0 saturated heterocycles. The van der Waals surface area contributed by atoms with E-state index in [9.17, 15) is 0 Å². The summed E-state index contributed by atoms with van der Waals surface area (Å²) in [4.78, 5) is 16.7. The number of fused-ring (bicyclic) bond motifs is 1. The molecule has 5 aromatic rings. The lowest BCUT2D eigenvalue weighted by molar-refractivity contribution is 0.785. The predicted octanol–water partition coefficient (Wildman–Crippen LogP) is 3.27. The topological polar surface area (TPSA) is 77.2 Å². The third-order valence-electron chi connectivity index (χ3n) is 4.56. The first-order chi connectivity index (χ1) is 13.3. The number of nitrogens with zero attached hydrogens (tertiary/aromatic N) is 6. The Morgan fingerprint density at radius 2 is 1.89 bits per heavy atom. The first-order valence-electron chi connectivity index (χ1n) is 8.67. The van der Waals surface area contributed by atoms with E-state index in [4.69, 9.17) is 4.98 Å². The zero-order valence-electron chi connectivity index (χ0n) is 14.7. The smallest absolute Gasteiger partial charge is 0.177 e. The minimum absolute atomic E-state index is 0.737. The van der Waals surface area contributed by atoms with Crippen LogP contribution >= 0.6 is 0 Å². The highest BCUT2D eigenvalue weighted by Gasteiger charge is 2.18. The van der Waals surface area contributed by atoms with Crippen LogP contribution in [-0.2, 0) is 13.6 Å². The van der Waals surface area contributed by atoms with Gasteiger partial charge in [-0.15, -0.1) is 0 Å². The van der Waals surface area contributed by atoms with Crippen LogP contribution in [0.2, 0.25) is 0 Å². The van der Waals surface area contributed by atoms with Crippen molar-refractivity contribution in [1.29, 1.82) is 0 Å². The Labute approximate surface area is 155 Å². The fourth-order valence-corrected chi connectivity index (χ4v) is 3.26. The van der Waals surface area contributed by atoms with Gasteiger partial charge >= 0.3 is 0 Å². The molecule has 0 radical (unpaired) electrons. The third kappa shape index (κ3) is 2.69. The quantitative estimate of drug-likeness (QED) is 0.537. The van der Waals surface area contributed by atoms with Gasteiger partial charge in [-0.3, -0.25) is 4.98 Å². The van der Waals surface area contributed by atoms with E-state index < -0.39 is 0 Å². The summed E-state index contributed by atoms with van der Waals surface area (Å²) in [7, 11) is 1.90. The number of aryl methyl sites for hydroxylation is 1. The van der Waals surface area contributed by atoms with E-state index in [1.54, 1.807) is 10.9 Å². The molecule has 0 fully saturated rings. The van der Waals surface area contributed by atoms with Crippen molar-refractivity contribution in [3.05, 3.63) is 72.9 Å². The Morgan fingerprint density at radius 1 is 1.00 bits per heavy atom. The number of hydrogen-bond donors (Lipinski definition) is 1. The van der Waals surface area contributed by atoms with Crippen molar-refractivity contribution in [2.45, 2.75) is 6.54 Å². The van der Waals surface area contributed by atoms with E-state index in [2.05, 4.69) is 36.8 Å². The molecular weight excluding hydrogens is 338 g/mol. The standard InChI is InChI=1S/C20H17N7/c1-26-20-18(17(25-26)15-8-5-9-21-10-15)23-19(24-20)16-11-22-13-27(16)12-14-6-3-2-4-7-14/h2-11,13H,12H2,1H3,(H,23,24). The van der Waals surface area contributed by atoms with Crippen molar-refractivity contribution < 1.29 is 0 Å². The van der Waals surface area contributed by atoms with Gasteiger partial charge in [0, 0.05) is 31.5 Å². The van der Waals surface area contributed by atoms with Crippen molar-refractivity contribution in [2.75, 3.05) is 0 Å². The average Bonchev–Trinajstić information content (AvgIpc) is 3.40. The van der Waals surface area contributed by atoms with Gasteiger partial charge in [-0.2, -0.15) is 5.10 Å². The molecule has 1 aromatic carbocycles. The van der Waals surface area contributed by atoms with Gasteiger partial charge in [-0.05, 0) is 17.7 Å². The number of nitrogens with one attached hydrogen (secondary N) is 1. The number of rotatable bonds is 4. The first kappa shape index (κ1) is 15.5. The molecule has 0 aliphatic heterocycles. The van der Waals surface area contributed by atoms with Gasteiger partial charge in [0.15, 0.2) is 11.5 Å². The lowest BCUT2D eigenvalue weighted by Gasteiger charge is -2.06. The molecule has 132 valence electrons. The molecule has 0 atom stereocenters. The Morgan fingerprint density at radius 3 is 2.70 bits per heavy atom. The SMILES string of the molecule is Cn1nc(-c2cccnc2)c2[nH]c(-c3cncn3Cc3ccccc3)nc21. The van der Waals surface area contributed by atoms with Gasteiger partial charge < -0.3 is 9.55 Å². The molecule has 4 aromatic heterocycles. The number of aromatic amines is 1. The summed E-state index contributed by atoms with van der Waals surface area (Å²) < 4.78 is 3.87. The van der Waals surface area contributed by atoms with Crippen LogP contribution in [0.5, 0.6) is 0 Å². The van der Waals surface area contributed by atoms with Crippen LogP contribution in [0.4, 0.5) is 0 Å². The fraction of sp³-hybridized carbons (Fsp3) is 0.100. The summed E-state index contributed by atoms with van der Waals surface area (Å²) in [6.45, 7) is 0.737. The molecule has 5 rings (SSSR count). The molecule has 0 spiro atoms. The minimum Gasteiger partial charge on any atom is -0.333 e. The molecule has 0 aliphatic rings. The number of benzene rings is 1. The highest BCUT2D eigenvalue weighted by molar-refractivity contribution is 5.89. The third-order valence-corrected chi connectivity index (χ3v) is 4.56. The number of pyridine rings is 1. The largest absolute Gasteiger partial charge is 0.333 e. The zero-order chi connectivity index (χ0) is 18.2. The van der Waals surface area contributed by atoms with Crippen LogP contribution in [0.3, 0.4) is 0 Å². The summed E-state index contributed by atoms with van der Waals surface area (Å²) in [6.07, 6.45) is 7.22. The zero-order valence-corrected chi connectivity index (χ0v) is 14.7. The molecular formula is C20H17N7. The maximum Gasteiger partial charge on any atom is 0.177 e. The fourth-order valence-electron chi connectivity index (χ4n) is 3.26. The summed E-state index contributed by atoms with van der Waals surface area (Å²) in [5, 5.41) is 4.59. The second kappa shape index (κ2) is 6.21. The molecule has 0 aliphatic carbocycles. The average molecular weight is 355 g/mol. The van der Waals surface area contributed by atoms with E-state index in [1.165, 1.54) is 5.56 Å². The van der Waals surface area contributed by atoms with E-state index >= 15 is 0 Å². The maximum absolute atomic E-state index is 4.77. The van der Waals surface area contributed by atoms with Gasteiger partial charge in [0.05, 0.1) is 12.5 Å². The number of aromatic nitrogens is 7. The lowest BCUT2D eigenvalue weighted by Crippen LogP contribution is -2.01. The second-order valence-electron chi connectivity index (χ2n) is 6.39. The van der Waals surface area contributed by atoms with Gasteiger partial charge in [-0.1, -0.05) is 30.3 Å². The van der Waals surface area contributed by atoms with E-state index in [0.29, 0.717) is 0 Å². The Hall–Kier alpha value is -3.74. The van der Waals surface area contributed by atoms with Crippen LogP contribution in [0.1, 0.15) is 5.56 Å². The van der Waals surface area contributed by atoms with E-state index in [0.717, 1.165) is 40.5 Å². The molecule has 0 amide bonds. The molecule has 7 heteroatoms. The number of hydrogen-bond acceptors (Lipinski definition) is 4. The summed E-state index contributed by atoms with van der Waals surface area (Å²) in [5.41, 5.74) is 5.65.